The molecule has 150 valence electrons. The van der Waals surface area contributed by atoms with Gasteiger partial charge in [0.15, 0.2) is 0 Å². The standard InChI is InChI=1S/C19H29N3O3S2/c1-14-6-10-22(11-7-14)9-3-8-20-27(24,25)16-4-5-18-17(12-16)21-19(23)15(2)13-26-18/h4-5,12,14-15,20H,3,6-11,13H2,1-2H3,(H,21,23). The maximum Gasteiger partial charge on any atom is 0.240 e. The Balaban J connectivity index is 1.55. The van der Waals surface area contributed by atoms with Crippen LogP contribution in [0, 0.1) is 11.8 Å². The maximum atomic E-state index is 12.6. The van der Waals surface area contributed by atoms with Crippen molar-refractivity contribution in [2.45, 2.75) is 42.9 Å². The van der Waals surface area contributed by atoms with E-state index in [1.54, 1.807) is 30.0 Å². The second-order valence-corrected chi connectivity index (χ2v) is 10.5. The Morgan fingerprint density at radius 3 is 2.74 bits per heavy atom. The third kappa shape index (κ3) is 5.47. The van der Waals surface area contributed by atoms with E-state index in [9.17, 15) is 13.2 Å². The molecule has 8 heteroatoms. The number of sulfonamides is 1. The number of carbonyl (C=O) groups is 1. The first-order valence-electron chi connectivity index (χ1n) is 9.65. The highest BCUT2D eigenvalue weighted by molar-refractivity contribution is 7.99. The highest BCUT2D eigenvalue weighted by atomic mass is 32.2. The Morgan fingerprint density at radius 1 is 1.26 bits per heavy atom. The van der Waals surface area contributed by atoms with E-state index in [0.717, 1.165) is 36.9 Å². The molecule has 1 saturated heterocycles. The van der Waals surface area contributed by atoms with Crippen LogP contribution in [0.25, 0.3) is 0 Å². The molecule has 3 rings (SSSR count). The van der Waals surface area contributed by atoms with Crippen molar-refractivity contribution in [1.29, 1.82) is 0 Å². The summed E-state index contributed by atoms with van der Waals surface area (Å²) in [6, 6.07) is 4.96. The smallest absolute Gasteiger partial charge is 0.240 e. The van der Waals surface area contributed by atoms with Gasteiger partial charge in [0.1, 0.15) is 0 Å². The number of hydrogen-bond acceptors (Lipinski definition) is 5. The number of hydrogen-bond donors (Lipinski definition) is 2. The minimum Gasteiger partial charge on any atom is -0.325 e. The zero-order valence-corrected chi connectivity index (χ0v) is 17.7. The highest BCUT2D eigenvalue weighted by Gasteiger charge is 2.23. The minimum absolute atomic E-state index is 0.0698. The van der Waals surface area contributed by atoms with Gasteiger partial charge in [-0.25, -0.2) is 13.1 Å². The minimum atomic E-state index is -3.58. The lowest BCUT2D eigenvalue weighted by Crippen LogP contribution is -2.35. The number of likely N-dealkylation sites (tertiary alicyclic amines) is 1. The molecule has 1 amide bonds. The topological polar surface area (TPSA) is 78.5 Å². The van der Waals surface area contributed by atoms with Crippen LogP contribution >= 0.6 is 11.8 Å². The average Bonchev–Trinajstić information content (AvgIpc) is 2.78. The number of fused-ring (bicyclic) bond motifs is 1. The lowest BCUT2D eigenvalue weighted by molar-refractivity contribution is -0.118. The number of amides is 1. The maximum absolute atomic E-state index is 12.6. The first-order chi connectivity index (χ1) is 12.8. The second kappa shape index (κ2) is 8.94. The molecule has 1 unspecified atom stereocenters. The van der Waals surface area contributed by atoms with Gasteiger partial charge < -0.3 is 10.2 Å². The van der Waals surface area contributed by atoms with Crippen molar-refractivity contribution >= 4 is 33.4 Å². The average molecular weight is 412 g/mol. The molecule has 1 aromatic carbocycles. The summed E-state index contributed by atoms with van der Waals surface area (Å²) in [5, 5.41) is 2.84. The number of nitrogens with zero attached hydrogens (tertiary/aromatic N) is 1. The monoisotopic (exact) mass is 411 g/mol. The summed E-state index contributed by atoms with van der Waals surface area (Å²) in [6.45, 7) is 7.71. The van der Waals surface area contributed by atoms with Crippen molar-refractivity contribution < 1.29 is 13.2 Å². The van der Waals surface area contributed by atoms with E-state index in [0.29, 0.717) is 18.0 Å². The number of benzene rings is 1. The van der Waals surface area contributed by atoms with Gasteiger partial charge in [-0.15, -0.1) is 11.8 Å². The summed E-state index contributed by atoms with van der Waals surface area (Å²) in [5.74, 6) is 1.32. The van der Waals surface area contributed by atoms with Crippen LogP contribution in [0.2, 0.25) is 0 Å². The van der Waals surface area contributed by atoms with Gasteiger partial charge in [0.25, 0.3) is 0 Å². The highest BCUT2D eigenvalue weighted by Crippen LogP contribution is 2.34. The van der Waals surface area contributed by atoms with Gasteiger partial charge in [0.2, 0.25) is 15.9 Å². The summed E-state index contributed by atoms with van der Waals surface area (Å²) in [6.07, 6.45) is 3.25. The molecule has 0 radical (unpaired) electrons. The molecule has 2 N–H and O–H groups in total. The van der Waals surface area contributed by atoms with Gasteiger partial charge in [-0.05, 0) is 63.0 Å². The number of anilines is 1. The van der Waals surface area contributed by atoms with Gasteiger partial charge in [-0.3, -0.25) is 4.79 Å². The Bertz CT molecular complexity index is 774. The summed E-state index contributed by atoms with van der Waals surface area (Å²) >= 11 is 1.57. The van der Waals surface area contributed by atoms with Crippen LogP contribution in [0.3, 0.4) is 0 Å². The fourth-order valence-corrected chi connectivity index (χ4v) is 5.43. The molecule has 0 aliphatic carbocycles. The molecule has 2 heterocycles. The fourth-order valence-electron chi connectivity index (χ4n) is 3.32. The normalized spacial score (nSPS) is 22.1. The van der Waals surface area contributed by atoms with Crippen molar-refractivity contribution in [2.75, 3.05) is 37.2 Å². The van der Waals surface area contributed by atoms with Crippen LogP contribution in [0.15, 0.2) is 28.0 Å². The molecule has 2 aliphatic heterocycles. The third-order valence-electron chi connectivity index (χ3n) is 5.28. The van der Waals surface area contributed by atoms with Gasteiger partial charge >= 0.3 is 0 Å². The Kier molecular flexibility index (Phi) is 6.83. The van der Waals surface area contributed by atoms with E-state index >= 15 is 0 Å². The second-order valence-electron chi connectivity index (χ2n) is 7.63. The largest absolute Gasteiger partial charge is 0.325 e. The Hall–Kier alpha value is -1.09. The first kappa shape index (κ1) is 20.6. The third-order valence-corrected chi connectivity index (χ3v) is 8.07. The van der Waals surface area contributed by atoms with Gasteiger partial charge in [-0.1, -0.05) is 13.8 Å². The number of carbonyl (C=O) groups excluding carboxylic acids is 1. The molecule has 1 atom stereocenters. The molecule has 0 spiro atoms. The van der Waals surface area contributed by atoms with Crippen molar-refractivity contribution in [1.82, 2.24) is 9.62 Å². The molecule has 0 saturated carbocycles. The zero-order valence-electron chi connectivity index (χ0n) is 16.0. The number of piperidine rings is 1. The molecule has 0 aromatic heterocycles. The van der Waals surface area contributed by atoms with Crippen LogP contribution in [0.1, 0.15) is 33.1 Å². The molecule has 0 bridgehead atoms. The van der Waals surface area contributed by atoms with Crippen molar-refractivity contribution in [2.24, 2.45) is 11.8 Å². The summed E-state index contributed by atoms with van der Waals surface area (Å²) < 4.78 is 27.9. The van der Waals surface area contributed by atoms with E-state index < -0.39 is 10.0 Å². The molecule has 6 nitrogen and oxygen atoms in total. The summed E-state index contributed by atoms with van der Waals surface area (Å²) in [7, 11) is -3.58. The van der Waals surface area contributed by atoms with E-state index in [-0.39, 0.29) is 16.7 Å². The van der Waals surface area contributed by atoms with Crippen molar-refractivity contribution in [3.8, 4) is 0 Å². The van der Waals surface area contributed by atoms with Crippen LogP contribution in [0.5, 0.6) is 0 Å². The lowest BCUT2D eigenvalue weighted by atomic mass is 9.99. The summed E-state index contributed by atoms with van der Waals surface area (Å²) in [5.41, 5.74) is 0.583. The lowest BCUT2D eigenvalue weighted by Gasteiger charge is -2.30. The van der Waals surface area contributed by atoms with E-state index in [1.165, 1.54) is 12.8 Å². The Labute approximate surface area is 166 Å². The molecule has 2 aliphatic rings. The SMILES string of the molecule is CC1CCN(CCCNS(=O)(=O)c2ccc3c(c2)NC(=O)C(C)CS3)CC1. The summed E-state index contributed by atoms with van der Waals surface area (Å²) in [4.78, 5) is 15.5. The number of nitrogens with one attached hydrogen (secondary N) is 2. The van der Waals surface area contributed by atoms with Crippen LogP contribution < -0.4 is 10.0 Å². The van der Waals surface area contributed by atoms with E-state index in [1.807, 2.05) is 6.92 Å². The molecular weight excluding hydrogens is 382 g/mol. The van der Waals surface area contributed by atoms with Crippen molar-refractivity contribution in [3.05, 3.63) is 18.2 Å². The molecule has 1 fully saturated rings. The number of thioether (sulfide) groups is 1. The van der Waals surface area contributed by atoms with Gasteiger partial charge in [-0.2, -0.15) is 0 Å². The molecule has 27 heavy (non-hydrogen) atoms. The van der Waals surface area contributed by atoms with E-state index in [2.05, 4.69) is 21.9 Å². The van der Waals surface area contributed by atoms with Crippen LogP contribution in [-0.4, -0.2) is 51.2 Å². The van der Waals surface area contributed by atoms with Gasteiger partial charge in [0.05, 0.1) is 10.6 Å². The molecule has 1 aromatic rings. The van der Waals surface area contributed by atoms with E-state index in [4.69, 9.17) is 0 Å². The quantitative estimate of drug-likeness (QED) is 0.704. The fraction of sp³-hybridized carbons (Fsp3) is 0.632. The van der Waals surface area contributed by atoms with Crippen LogP contribution in [-0.2, 0) is 14.8 Å². The van der Waals surface area contributed by atoms with Crippen molar-refractivity contribution in [3.63, 3.8) is 0 Å². The molecular formula is C19H29N3O3S2. The van der Waals surface area contributed by atoms with Crippen LogP contribution in [0.4, 0.5) is 5.69 Å². The predicted molar refractivity (Wildman–Crippen MR) is 110 cm³/mol. The zero-order chi connectivity index (χ0) is 19.4. The predicted octanol–water partition coefficient (Wildman–Crippen LogP) is 2.77. The van der Waals surface area contributed by atoms with Gasteiger partial charge in [0, 0.05) is 23.1 Å². The number of rotatable bonds is 6. The first-order valence-corrected chi connectivity index (χ1v) is 12.1. The Morgan fingerprint density at radius 2 is 2.00 bits per heavy atom.